The molecule has 1 N–H and O–H groups in total. The maximum absolute atomic E-state index is 9.60. The summed E-state index contributed by atoms with van der Waals surface area (Å²) in [6.07, 6.45) is 0. The lowest BCUT2D eigenvalue weighted by molar-refractivity contribution is -0.132. The summed E-state index contributed by atoms with van der Waals surface area (Å²) in [5.74, 6) is -0.935. The molecular weight excluding hydrogens is 358 g/mol. The van der Waals surface area contributed by atoms with Crippen molar-refractivity contribution in [3.8, 4) is 0 Å². The van der Waals surface area contributed by atoms with Gasteiger partial charge in [-0.2, -0.15) is 0 Å². The number of hydrogen-bond acceptors (Lipinski definition) is 5. The van der Waals surface area contributed by atoms with Gasteiger partial charge < -0.3 is 19.3 Å². The van der Waals surface area contributed by atoms with E-state index in [0.717, 1.165) is 36.4 Å². The number of hydrogen-bond donors (Lipinski definition) is 1. The van der Waals surface area contributed by atoms with E-state index in [1.54, 1.807) is 0 Å². The molecule has 0 aromatic rings. The highest BCUT2D eigenvalue weighted by molar-refractivity contribution is 5.84. The SMILES string of the molecule is C=C(C)C(=O)O.C=C(C)COCCN(CCOCC(=C)C)CCOCC(=C)C. The van der Waals surface area contributed by atoms with Crippen LogP contribution in [0.25, 0.3) is 0 Å². The monoisotopic (exact) mass is 397 g/mol. The predicted molar refractivity (Wildman–Crippen MR) is 116 cm³/mol. The van der Waals surface area contributed by atoms with Crippen molar-refractivity contribution in [2.45, 2.75) is 27.7 Å². The van der Waals surface area contributed by atoms with E-state index in [0.29, 0.717) is 39.6 Å². The minimum Gasteiger partial charge on any atom is -0.478 e. The van der Waals surface area contributed by atoms with Crippen LogP contribution >= 0.6 is 0 Å². The molecule has 0 saturated heterocycles. The number of carboxylic acid groups (broad SMARTS) is 1. The molecule has 0 heterocycles. The van der Waals surface area contributed by atoms with Crippen molar-refractivity contribution in [3.63, 3.8) is 0 Å². The zero-order valence-electron chi connectivity index (χ0n) is 18.2. The van der Waals surface area contributed by atoms with Gasteiger partial charge in [-0.05, 0) is 27.7 Å². The van der Waals surface area contributed by atoms with Gasteiger partial charge in [0, 0.05) is 25.2 Å². The van der Waals surface area contributed by atoms with Gasteiger partial charge in [0.05, 0.1) is 39.6 Å². The van der Waals surface area contributed by atoms with Gasteiger partial charge in [-0.15, -0.1) is 0 Å². The Bertz CT molecular complexity index is 435. The van der Waals surface area contributed by atoms with Crippen molar-refractivity contribution in [1.82, 2.24) is 4.90 Å². The summed E-state index contributed by atoms with van der Waals surface area (Å²) in [6, 6.07) is 0. The Hall–Kier alpha value is -1.73. The predicted octanol–water partition coefficient (Wildman–Crippen LogP) is 3.71. The number of carbonyl (C=O) groups is 1. The Labute approximate surface area is 171 Å². The van der Waals surface area contributed by atoms with Crippen LogP contribution in [0.1, 0.15) is 27.7 Å². The van der Waals surface area contributed by atoms with Crippen LogP contribution in [0.3, 0.4) is 0 Å². The van der Waals surface area contributed by atoms with E-state index in [1.165, 1.54) is 6.92 Å². The molecule has 0 atom stereocenters. The maximum Gasteiger partial charge on any atom is 0.330 e. The van der Waals surface area contributed by atoms with E-state index in [-0.39, 0.29) is 5.57 Å². The molecule has 0 aromatic heterocycles. The van der Waals surface area contributed by atoms with E-state index in [9.17, 15) is 4.79 Å². The smallest absolute Gasteiger partial charge is 0.330 e. The van der Waals surface area contributed by atoms with Crippen LogP contribution in [-0.4, -0.2) is 75.3 Å². The van der Waals surface area contributed by atoms with Crippen molar-refractivity contribution >= 4 is 5.97 Å². The molecule has 6 heteroatoms. The first-order chi connectivity index (χ1) is 13.1. The lowest BCUT2D eigenvalue weighted by atomic mass is 10.4. The number of ether oxygens (including phenoxy) is 3. The molecule has 0 spiro atoms. The van der Waals surface area contributed by atoms with Gasteiger partial charge in [-0.25, -0.2) is 4.79 Å². The highest BCUT2D eigenvalue weighted by Crippen LogP contribution is 1.96. The van der Waals surface area contributed by atoms with Crippen molar-refractivity contribution in [3.05, 3.63) is 48.6 Å². The summed E-state index contributed by atoms with van der Waals surface area (Å²) in [5, 5.41) is 7.89. The van der Waals surface area contributed by atoms with Crippen LogP contribution in [0.5, 0.6) is 0 Å². The van der Waals surface area contributed by atoms with E-state index in [1.807, 2.05) is 20.8 Å². The van der Waals surface area contributed by atoms with Crippen molar-refractivity contribution < 1.29 is 24.1 Å². The summed E-state index contributed by atoms with van der Waals surface area (Å²) in [5.41, 5.74) is 3.30. The zero-order chi connectivity index (χ0) is 21.9. The van der Waals surface area contributed by atoms with E-state index in [2.05, 4.69) is 31.2 Å². The summed E-state index contributed by atoms with van der Waals surface area (Å²) < 4.78 is 16.7. The lowest BCUT2D eigenvalue weighted by Gasteiger charge is -2.22. The van der Waals surface area contributed by atoms with Crippen LogP contribution in [0.15, 0.2) is 48.6 Å². The van der Waals surface area contributed by atoms with Crippen molar-refractivity contribution in [1.29, 1.82) is 0 Å². The minimum absolute atomic E-state index is 0.176. The molecule has 0 rings (SSSR count). The highest BCUT2D eigenvalue weighted by atomic mass is 16.5. The first-order valence-electron chi connectivity index (χ1n) is 9.33. The summed E-state index contributed by atoms with van der Waals surface area (Å²) in [7, 11) is 0. The average molecular weight is 398 g/mol. The summed E-state index contributed by atoms with van der Waals surface area (Å²) >= 11 is 0. The van der Waals surface area contributed by atoms with Gasteiger partial charge in [-0.1, -0.05) is 43.0 Å². The van der Waals surface area contributed by atoms with Crippen molar-refractivity contribution in [2.75, 3.05) is 59.3 Å². The topological polar surface area (TPSA) is 68.2 Å². The van der Waals surface area contributed by atoms with E-state index >= 15 is 0 Å². The third-order valence-corrected chi connectivity index (χ3v) is 3.07. The molecule has 0 fully saturated rings. The molecule has 0 aliphatic rings. The van der Waals surface area contributed by atoms with Gasteiger partial charge in [0.1, 0.15) is 0 Å². The molecule has 6 nitrogen and oxygen atoms in total. The largest absolute Gasteiger partial charge is 0.478 e. The average Bonchev–Trinajstić information content (AvgIpc) is 2.58. The fourth-order valence-electron chi connectivity index (χ4n) is 1.66. The maximum atomic E-state index is 9.60. The molecule has 0 aromatic carbocycles. The van der Waals surface area contributed by atoms with Crippen LogP contribution in [0, 0.1) is 0 Å². The Morgan fingerprint density at radius 2 is 0.964 bits per heavy atom. The van der Waals surface area contributed by atoms with Gasteiger partial charge in [0.15, 0.2) is 0 Å². The molecule has 28 heavy (non-hydrogen) atoms. The van der Waals surface area contributed by atoms with Crippen LogP contribution in [-0.2, 0) is 19.0 Å². The third-order valence-electron chi connectivity index (χ3n) is 3.07. The van der Waals surface area contributed by atoms with Gasteiger partial charge in [-0.3, -0.25) is 4.90 Å². The third kappa shape index (κ3) is 24.3. The second kappa shape index (κ2) is 18.6. The normalized spacial score (nSPS) is 10.2. The van der Waals surface area contributed by atoms with Crippen LogP contribution < -0.4 is 0 Å². The quantitative estimate of drug-likeness (QED) is 0.243. The van der Waals surface area contributed by atoms with Gasteiger partial charge in [0.2, 0.25) is 0 Å². The minimum atomic E-state index is -0.935. The van der Waals surface area contributed by atoms with Gasteiger partial charge in [0.25, 0.3) is 0 Å². The molecule has 0 saturated carbocycles. The van der Waals surface area contributed by atoms with Gasteiger partial charge >= 0.3 is 5.97 Å². The molecule has 0 bridgehead atoms. The molecule has 0 radical (unpaired) electrons. The van der Waals surface area contributed by atoms with Crippen molar-refractivity contribution in [2.24, 2.45) is 0 Å². The molecule has 0 aliphatic heterocycles. The lowest BCUT2D eigenvalue weighted by Crippen LogP contribution is -2.34. The molecule has 162 valence electrons. The molecule has 0 unspecified atom stereocenters. The molecule has 0 aliphatic carbocycles. The second-order valence-corrected chi connectivity index (χ2v) is 6.96. The zero-order valence-corrected chi connectivity index (χ0v) is 18.2. The number of aliphatic carboxylic acids is 1. The van der Waals surface area contributed by atoms with Crippen LogP contribution in [0.4, 0.5) is 0 Å². The Kier molecular flexibility index (Phi) is 18.9. The van der Waals surface area contributed by atoms with Crippen LogP contribution in [0.2, 0.25) is 0 Å². The summed E-state index contributed by atoms with van der Waals surface area (Å²) in [6.45, 7) is 28.5. The number of carboxylic acids is 1. The fraction of sp³-hybridized carbons (Fsp3) is 0.591. The highest BCUT2D eigenvalue weighted by Gasteiger charge is 2.05. The number of rotatable bonds is 16. The summed E-state index contributed by atoms with van der Waals surface area (Å²) in [4.78, 5) is 11.9. The standard InChI is InChI=1S/C18H33NO3.C4H6O2/c1-16(2)13-20-10-7-19(8-11-21-14-17(3)4)9-12-22-15-18(5)6;1-3(2)4(5)6/h1,3,5,7-15H2,2,4,6H3;1H2,2H3,(H,5,6). The first kappa shape index (κ1) is 28.5. The van der Waals surface area contributed by atoms with E-state index < -0.39 is 5.97 Å². The Balaban J connectivity index is 0. The van der Waals surface area contributed by atoms with E-state index in [4.69, 9.17) is 19.3 Å². The molecular formula is C22H39NO5. The first-order valence-corrected chi connectivity index (χ1v) is 9.33. The number of nitrogens with zero attached hydrogens (tertiary/aromatic N) is 1. The Morgan fingerprint density at radius 1 is 0.714 bits per heavy atom. The Morgan fingerprint density at radius 3 is 1.14 bits per heavy atom. The second-order valence-electron chi connectivity index (χ2n) is 6.96. The molecule has 0 amide bonds. The fourth-order valence-corrected chi connectivity index (χ4v) is 1.66.